The van der Waals surface area contributed by atoms with Gasteiger partial charge in [0.15, 0.2) is 0 Å². The van der Waals surface area contributed by atoms with Gasteiger partial charge in [-0.3, -0.25) is 9.69 Å². The van der Waals surface area contributed by atoms with Crippen LogP contribution in [0, 0.1) is 13.8 Å². The summed E-state index contributed by atoms with van der Waals surface area (Å²) in [6, 6.07) is 0. The molecular weight excluding hydrogens is 262 g/mol. The largest absolute Gasteiger partial charge is 0.388 e. The Morgan fingerprint density at radius 1 is 1.47 bits per heavy atom. The predicted molar refractivity (Wildman–Crippen MR) is 75.6 cm³/mol. The minimum absolute atomic E-state index is 0.0610. The van der Waals surface area contributed by atoms with E-state index in [0.29, 0.717) is 30.8 Å². The van der Waals surface area contributed by atoms with Gasteiger partial charge in [-0.25, -0.2) is 4.98 Å². The van der Waals surface area contributed by atoms with Crippen LogP contribution in [0.4, 0.5) is 0 Å². The van der Waals surface area contributed by atoms with Crippen LogP contribution in [0.25, 0.3) is 10.2 Å². The summed E-state index contributed by atoms with van der Waals surface area (Å²) in [5, 5.41) is 10.4. The van der Waals surface area contributed by atoms with Crippen molar-refractivity contribution in [2.45, 2.75) is 32.9 Å². The number of aromatic amines is 1. The van der Waals surface area contributed by atoms with Crippen molar-refractivity contribution in [3.8, 4) is 0 Å². The minimum Gasteiger partial charge on any atom is -0.388 e. The molecule has 19 heavy (non-hydrogen) atoms. The number of H-pyrrole nitrogens is 1. The molecule has 6 heteroatoms. The van der Waals surface area contributed by atoms with E-state index >= 15 is 0 Å². The molecule has 0 aliphatic carbocycles. The quantitative estimate of drug-likeness (QED) is 0.866. The molecule has 0 spiro atoms. The van der Waals surface area contributed by atoms with E-state index in [2.05, 4.69) is 14.9 Å². The van der Waals surface area contributed by atoms with E-state index in [9.17, 15) is 9.90 Å². The first-order valence-electron chi connectivity index (χ1n) is 6.29. The minimum atomic E-state index is -0.597. The molecule has 0 amide bonds. The lowest BCUT2D eigenvalue weighted by Crippen LogP contribution is -2.59. The van der Waals surface area contributed by atoms with Gasteiger partial charge in [0.2, 0.25) is 0 Å². The second kappa shape index (κ2) is 4.13. The highest BCUT2D eigenvalue weighted by molar-refractivity contribution is 7.18. The van der Waals surface area contributed by atoms with E-state index in [1.54, 1.807) is 11.3 Å². The molecule has 1 aliphatic rings. The first kappa shape index (κ1) is 12.8. The van der Waals surface area contributed by atoms with Gasteiger partial charge in [-0.2, -0.15) is 0 Å². The van der Waals surface area contributed by atoms with Gasteiger partial charge < -0.3 is 10.1 Å². The number of hydrogen-bond acceptors (Lipinski definition) is 5. The number of rotatable bonds is 2. The fourth-order valence-electron chi connectivity index (χ4n) is 2.61. The second-order valence-corrected chi connectivity index (χ2v) is 6.82. The summed E-state index contributed by atoms with van der Waals surface area (Å²) in [6.45, 7) is 7.60. The van der Waals surface area contributed by atoms with Gasteiger partial charge in [-0.1, -0.05) is 0 Å². The van der Waals surface area contributed by atoms with Crippen LogP contribution in [0.5, 0.6) is 0 Å². The molecule has 0 unspecified atom stereocenters. The summed E-state index contributed by atoms with van der Waals surface area (Å²) in [7, 11) is 0. The number of aromatic nitrogens is 2. The SMILES string of the molecule is Cc1sc2nc(CN3CC(C)(O)C3)[nH]c(=O)c2c1C. The van der Waals surface area contributed by atoms with Gasteiger partial charge in [0.1, 0.15) is 10.7 Å². The smallest absolute Gasteiger partial charge is 0.259 e. The number of β-amino-alcohol motifs (C(OH)–C–C–N with tert-alkyl or cyclic N) is 1. The van der Waals surface area contributed by atoms with Crippen LogP contribution < -0.4 is 5.56 Å². The molecule has 1 saturated heterocycles. The maximum atomic E-state index is 12.1. The molecule has 3 rings (SSSR count). The summed E-state index contributed by atoms with van der Waals surface area (Å²) >= 11 is 1.56. The molecule has 3 heterocycles. The number of nitrogens with zero attached hydrogens (tertiary/aromatic N) is 2. The zero-order chi connectivity index (χ0) is 13.8. The zero-order valence-electron chi connectivity index (χ0n) is 11.3. The highest BCUT2D eigenvalue weighted by Gasteiger charge is 2.36. The van der Waals surface area contributed by atoms with Crippen LogP contribution in [0.2, 0.25) is 0 Å². The summed E-state index contributed by atoms with van der Waals surface area (Å²) in [5.41, 5.74) is 0.363. The first-order valence-corrected chi connectivity index (χ1v) is 7.11. The maximum Gasteiger partial charge on any atom is 0.259 e. The maximum absolute atomic E-state index is 12.1. The Kier molecular flexibility index (Phi) is 2.78. The number of likely N-dealkylation sites (tertiary alicyclic amines) is 1. The Morgan fingerprint density at radius 3 is 2.79 bits per heavy atom. The Labute approximate surface area is 114 Å². The lowest BCUT2D eigenvalue weighted by molar-refractivity contribution is -0.0880. The highest BCUT2D eigenvalue weighted by atomic mass is 32.1. The molecule has 1 aliphatic heterocycles. The Morgan fingerprint density at radius 2 is 2.16 bits per heavy atom. The molecule has 102 valence electrons. The number of aliphatic hydroxyl groups is 1. The van der Waals surface area contributed by atoms with E-state index < -0.39 is 5.60 Å². The van der Waals surface area contributed by atoms with Crippen molar-refractivity contribution in [1.82, 2.24) is 14.9 Å². The summed E-state index contributed by atoms with van der Waals surface area (Å²) in [5.74, 6) is 0.675. The fourth-order valence-corrected chi connectivity index (χ4v) is 3.66. The van der Waals surface area contributed by atoms with Crippen LogP contribution in [-0.4, -0.2) is 38.7 Å². The third-order valence-electron chi connectivity index (χ3n) is 3.59. The normalized spacial score (nSPS) is 18.7. The molecule has 0 bridgehead atoms. The van der Waals surface area contributed by atoms with E-state index in [0.717, 1.165) is 15.3 Å². The standard InChI is InChI=1S/C13H17N3O2S/c1-7-8(2)19-12-10(7)11(17)14-9(15-12)4-16-5-13(3,18)6-16/h18H,4-6H2,1-3H3,(H,14,15,17). The van der Waals surface area contributed by atoms with Gasteiger partial charge >= 0.3 is 0 Å². The average Bonchev–Trinajstić information content (AvgIpc) is 2.52. The second-order valence-electron chi connectivity index (χ2n) is 5.62. The van der Waals surface area contributed by atoms with Crippen LogP contribution in [-0.2, 0) is 6.54 Å². The van der Waals surface area contributed by atoms with Crippen LogP contribution in [0.1, 0.15) is 23.2 Å². The summed E-state index contributed by atoms with van der Waals surface area (Å²) in [4.78, 5) is 23.5. The van der Waals surface area contributed by atoms with Gasteiger partial charge in [0.25, 0.3) is 5.56 Å². The van der Waals surface area contributed by atoms with Gasteiger partial charge in [-0.05, 0) is 26.3 Å². The van der Waals surface area contributed by atoms with Gasteiger partial charge in [0, 0.05) is 18.0 Å². The number of thiophene rings is 1. The first-order chi connectivity index (χ1) is 8.85. The van der Waals surface area contributed by atoms with Gasteiger partial charge in [0.05, 0.1) is 17.5 Å². The topological polar surface area (TPSA) is 69.2 Å². The third-order valence-corrected chi connectivity index (χ3v) is 4.69. The van der Waals surface area contributed by atoms with E-state index in [4.69, 9.17) is 0 Å². The molecule has 5 nitrogen and oxygen atoms in total. The van der Waals surface area contributed by atoms with Crippen molar-refractivity contribution in [3.05, 3.63) is 26.6 Å². The van der Waals surface area contributed by atoms with Crippen LogP contribution in [0.15, 0.2) is 4.79 Å². The number of fused-ring (bicyclic) bond motifs is 1. The molecule has 0 radical (unpaired) electrons. The van der Waals surface area contributed by atoms with Crippen molar-refractivity contribution < 1.29 is 5.11 Å². The lowest BCUT2D eigenvalue weighted by Gasteiger charge is -2.43. The average molecular weight is 279 g/mol. The predicted octanol–water partition coefficient (Wildman–Crippen LogP) is 1.17. The molecule has 2 aromatic rings. The summed E-state index contributed by atoms with van der Waals surface area (Å²) in [6.07, 6.45) is 0. The van der Waals surface area contributed by atoms with Crippen LogP contribution in [0.3, 0.4) is 0 Å². The monoisotopic (exact) mass is 279 g/mol. The molecule has 0 aromatic carbocycles. The highest BCUT2D eigenvalue weighted by Crippen LogP contribution is 2.26. The number of nitrogens with one attached hydrogen (secondary N) is 1. The van der Waals surface area contributed by atoms with E-state index in [1.807, 2.05) is 20.8 Å². The molecule has 2 N–H and O–H groups in total. The molecule has 0 atom stereocenters. The third kappa shape index (κ3) is 2.20. The number of hydrogen-bond donors (Lipinski definition) is 2. The summed E-state index contributed by atoms with van der Waals surface area (Å²) < 4.78 is 0. The molecule has 2 aromatic heterocycles. The fraction of sp³-hybridized carbons (Fsp3) is 0.538. The molecular formula is C13H17N3O2S. The van der Waals surface area contributed by atoms with E-state index in [1.165, 1.54) is 0 Å². The van der Waals surface area contributed by atoms with Crippen molar-refractivity contribution in [2.75, 3.05) is 13.1 Å². The molecule has 1 fully saturated rings. The zero-order valence-corrected chi connectivity index (χ0v) is 12.1. The van der Waals surface area contributed by atoms with Crippen LogP contribution >= 0.6 is 11.3 Å². The number of aryl methyl sites for hydroxylation is 2. The Hall–Kier alpha value is -1.24. The Bertz CT molecular complexity index is 694. The van der Waals surface area contributed by atoms with Crippen molar-refractivity contribution in [3.63, 3.8) is 0 Å². The molecule has 0 saturated carbocycles. The Balaban J connectivity index is 1.92. The van der Waals surface area contributed by atoms with Crippen molar-refractivity contribution in [1.29, 1.82) is 0 Å². The van der Waals surface area contributed by atoms with Gasteiger partial charge in [-0.15, -0.1) is 11.3 Å². The lowest BCUT2D eigenvalue weighted by atomic mass is 9.97. The van der Waals surface area contributed by atoms with E-state index in [-0.39, 0.29) is 5.56 Å². The van der Waals surface area contributed by atoms with Crippen molar-refractivity contribution >= 4 is 21.6 Å². The van der Waals surface area contributed by atoms with Crippen molar-refractivity contribution in [2.24, 2.45) is 0 Å².